The Labute approximate surface area is 134 Å². The van der Waals surface area contributed by atoms with Crippen molar-refractivity contribution in [1.82, 2.24) is 0 Å². The summed E-state index contributed by atoms with van der Waals surface area (Å²) in [6.07, 6.45) is 0. The first-order chi connectivity index (χ1) is 10.0. The van der Waals surface area contributed by atoms with E-state index < -0.39 is 0 Å². The van der Waals surface area contributed by atoms with Crippen LogP contribution in [-0.4, -0.2) is 19.2 Å². The summed E-state index contributed by atoms with van der Waals surface area (Å²) in [5.74, 6) is 1.17. The predicted molar refractivity (Wildman–Crippen MR) is 91.1 cm³/mol. The molecule has 3 nitrogen and oxygen atoms in total. The maximum absolute atomic E-state index is 6.09. The smallest absolute Gasteiger partial charge is 0.144 e. The molecule has 0 heterocycles. The van der Waals surface area contributed by atoms with E-state index in [1.807, 2.05) is 31.2 Å². The Morgan fingerprint density at radius 1 is 1.05 bits per heavy atom. The van der Waals surface area contributed by atoms with Gasteiger partial charge in [0.25, 0.3) is 0 Å². The van der Waals surface area contributed by atoms with E-state index in [2.05, 4.69) is 5.32 Å². The summed E-state index contributed by atoms with van der Waals surface area (Å²) < 4.78 is 10.5. The van der Waals surface area contributed by atoms with E-state index in [9.17, 15) is 0 Å². The number of thiocarbonyl (C=S) groups is 1. The van der Waals surface area contributed by atoms with E-state index in [4.69, 9.17) is 33.3 Å². The van der Waals surface area contributed by atoms with Crippen LogP contribution >= 0.6 is 23.8 Å². The monoisotopic (exact) mass is 321 g/mol. The van der Waals surface area contributed by atoms with E-state index in [1.54, 1.807) is 26.4 Å². The van der Waals surface area contributed by atoms with Gasteiger partial charge in [-0.3, -0.25) is 0 Å². The third-order valence-electron chi connectivity index (χ3n) is 3.04. The molecule has 0 spiro atoms. The highest BCUT2D eigenvalue weighted by atomic mass is 35.5. The van der Waals surface area contributed by atoms with Crippen LogP contribution in [0, 0.1) is 6.92 Å². The van der Waals surface area contributed by atoms with Crippen molar-refractivity contribution in [2.24, 2.45) is 0 Å². The van der Waals surface area contributed by atoms with Gasteiger partial charge in [-0.1, -0.05) is 53.6 Å². The van der Waals surface area contributed by atoms with Crippen LogP contribution in [0.15, 0.2) is 36.4 Å². The lowest BCUT2D eigenvalue weighted by molar-refractivity contribution is 0.405. The van der Waals surface area contributed by atoms with Crippen molar-refractivity contribution in [2.45, 2.75) is 6.92 Å². The molecule has 5 heteroatoms. The first kappa shape index (κ1) is 15.6. The fraction of sp³-hybridized carbons (Fsp3) is 0.188. The highest BCUT2D eigenvalue weighted by Gasteiger charge is 2.11. The molecule has 0 saturated heterocycles. The fourth-order valence-electron chi connectivity index (χ4n) is 1.86. The normalized spacial score (nSPS) is 10.1. The zero-order valence-electron chi connectivity index (χ0n) is 12.1. The predicted octanol–water partition coefficient (Wildman–Crippen LogP) is 4.45. The number of rotatable bonds is 4. The Bertz CT molecular complexity index is 656. The number of nitrogens with one attached hydrogen (secondary N) is 1. The topological polar surface area (TPSA) is 30.5 Å². The van der Waals surface area contributed by atoms with E-state index in [1.165, 1.54) is 5.56 Å². The highest BCUT2D eigenvalue weighted by Crippen LogP contribution is 2.36. The average Bonchev–Trinajstić information content (AvgIpc) is 2.49. The highest BCUT2D eigenvalue weighted by molar-refractivity contribution is 7.81. The molecule has 0 fully saturated rings. The lowest BCUT2D eigenvalue weighted by Crippen LogP contribution is -2.11. The zero-order valence-corrected chi connectivity index (χ0v) is 13.6. The molecule has 0 aliphatic heterocycles. The van der Waals surface area contributed by atoms with Crippen LogP contribution in [0.2, 0.25) is 5.02 Å². The molecule has 0 aromatic heterocycles. The number of benzene rings is 2. The fourth-order valence-corrected chi connectivity index (χ4v) is 2.33. The molecule has 2 aromatic rings. The van der Waals surface area contributed by atoms with Gasteiger partial charge >= 0.3 is 0 Å². The Hall–Kier alpha value is -1.78. The number of hydrogen-bond acceptors (Lipinski definition) is 3. The number of aryl methyl sites for hydroxylation is 1. The van der Waals surface area contributed by atoms with Crippen LogP contribution in [0.25, 0.3) is 0 Å². The molecule has 2 aromatic carbocycles. The molecule has 1 N–H and O–H groups in total. The minimum absolute atomic E-state index is 0.487. The molecule has 0 unspecified atom stereocenters. The molecular weight excluding hydrogens is 306 g/mol. The van der Waals surface area contributed by atoms with Crippen LogP contribution in [0.4, 0.5) is 5.69 Å². The first-order valence-electron chi connectivity index (χ1n) is 6.34. The summed E-state index contributed by atoms with van der Waals surface area (Å²) in [5, 5.41) is 3.65. The number of hydrogen-bond donors (Lipinski definition) is 1. The molecule has 0 atom stereocenters. The van der Waals surface area contributed by atoms with Gasteiger partial charge in [-0.05, 0) is 6.92 Å². The van der Waals surface area contributed by atoms with Crippen LogP contribution in [-0.2, 0) is 0 Å². The molecule has 0 aliphatic carbocycles. The van der Waals surface area contributed by atoms with Crippen LogP contribution in [0.1, 0.15) is 11.1 Å². The molecule has 0 radical (unpaired) electrons. The van der Waals surface area contributed by atoms with Crippen molar-refractivity contribution in [2.75, 3.05) is 19.5 Å². The summed E-state index contributed by atoms with van der Waals surface area (Å²) in [7, 11) is 3.15. The van der Waals surface area contributed by atoms with Crippen LogP contribution in [0.5, 0.6) is 11.5 Å². The van der Waals surface area contributed by atoms with Gasteiger partial charge in [0.1, 0.15) is 16.5 Å². The summed E-state index contributed by atoms with van der Waals surface area (Å²) in [6.45, 7) is 2.04. The Morgan fingerprint density at radius 2 is 1.67 bits per heavy atom. The van der Waals surface area contributed by atoms with Crippen LogP contribution in [0.3, 0.4) is 0 Å². The molecule has 110 valence electrons. The van der Waals surface area contributed by atoms with Crippen molar-refractivity contribution < 1.29 is 9.47 Å². The average molecular weight is 322 g/mol. The SMILES string of the molecule is COc1cc(NC(=S)c2ccc(C)cc2)c(OC)cc1Cl. The number of halogens is 1. The summed E-state index contributed by atoms with van der Waals surface area (Å²) >= 11 is 11.5. The van der Waals surface area contributed by atoms with E-state index in [-0.39, 0.29) is 0 Å². The largest absolute Gasteiger partial charge is 0.495 e. The van der Waals surface area contributed by atoms with Gasteiger partial charge in [0, 0.05) is 17.7 Å². The maximum atomic E-state index is 6.09. The molecule has 0 amide bonds. The summed E-state index contributed by atoms with van der Waals surface area (Å²) in [6, 6.07) is 11.4. The lowest BCUT2D eigenvalue weighted by atomic mass is 10.1. The second-order valence-corrected chi connectivity index (χ2v) is 5.32. The van der Waals surface area contributed by atoms with Crippen molar-refractivity contribution in [1.29, 1.82) is 0 Å². The van der Waals surface area contributed by atoms with E-state index >= 15 is 0 Å². The van der Waals surface area contributed by atoms with Gasteiger partial charge in [-0.2, -0.15) is 0 Å². The Balaban J connectivity index is 2.29. The summed E-state index contributed by atoms with van der Waals surface area (Å²) in [4.78, 5) is 0.609. The van der Waals surface area contributed by atoms with Gasteiger partial charge in [0.15, 0.2) is 0 Å². The Kier molecular flexibility index (Phi) is 5.04. The van der Waals surface area contributed by atoms with Crippen molar-refractivity contribution >= 4 is 34.5 Å². The van der Waals surface area contributed by atoms with Gasteiger partial charge in [0.2, 0.25) is 0 Å². The van der Waals surface area contributed by atoms with E-state index in [0.717, 1.165) is 5.56 Å². The molecule has 21 heavy (non-hydrogen) atoms. The van der Waals surface area contributed by atoms with Gasteiger partial charge in [-0.25, -0.2) is 0 Å². The minimum atomic E-state index is 0.487. The molecule has 0 aliphatic rings. The molecule has 0 bridgehead atoms. The number of ether oxygens (including phenoxy) is 2. The number of anilines is 1. The third kappa shape index (κ3) is 3.65. The molecule has 0 saturated carbocycles. The first-order valence-corrected chi connectivity index (χ1v) is 7.13. The number of methoxy groups -OCH3 is 2. The molecule has 2 rings (SSSR count). The molecular formula is C16H16ClNO2S. The van der Waals surface area contributed by atoms with E-state index in [0.29, 0.717) is 27.2 Å². The lowest BCUT2D eigenvalue weighted by Gasteiger charge is -2.14. The van der Waals surface area contributed by atoms with Crippen LogP contribution < -0.4 is 14.8 Å². The quantitative estimate of drug-likeness (QED) is 0.843. The van der Waals surface area contributed by atoms with Crippen molar-refractivity contribution in [3.63, 3.8) is 0 Å². The van der Waals surface area contributed by atoms with Gasteiger partial charge < -0.3 is 14.8 Å². The Morgan fingerprint density at radius 3 is 2.24 bits per heavy atom. The summed E-state index contributed by atoms with van der Waals surface area (Å²) in [5.41, 5.74) is 2.84. The second-order valence-electron chi connectivity index (χ2n) is 4.51. The van der Waals surface area contributed by atoms with Gasteiger partial charge in [0.05, 0.1) is 24.9 Å². The minimum Gasteiger partial charge on any atom is -0.495 e. The van der Waals surface area contributed by atoms with Crippen molar-refractivity contribution in [3.8, 4) is 11.5 Å². The second kappa shape index (κ2) is 6.78. The van der Waals surface area contributed by atoms with Crippen molar-refractivity contribution in [3.05, 3.63) is 52.5 Å². The zero-order chi connectivity index (χ0) is 15.4. The maximum Gasteiger partial charge on any atom is 0.144 e. The standard InChI is InChI=1S/C16H16ClNO2S/c1-10-4-6-11(7-5-10)16(21)18-13-9-14(19-2)12(17)8-15(13)20-3/h4-9H,1-3H3,(H,18,21). The van der Waals surface area contributed by atoms with Gasteiger partial charge in [-0.15, -0.1) is 0 Å². The third-order valence-corrected chi connectivity index (χ3v) is 3.67.